The number of carbonyl (C=O) groups excluding carboxylic acids is 1. The van der Waals surface area contributed by atoms with Gasteiger partial charge in [-0.1, -0.05) is 49.7 Å². The number of benzene rings is 3. The molecule has 0 atom stereocenters. The summed E-state index contributed by atoms with van der Waals surface area (Å²) in [7, 11) is 0. The molecule has 1 heterocycles. The molecular weight excluding hydrogens is 496 g/mol. The smallest absolute Gasteiger partial charge is 0.363 e. The van der Waals surface area contributed by atoms with Gasteiger partial charge in [-0.15, -0.1) is 0 Å². The minimum absolute atomic E-state index is 0.0292. The second-order valence-electron chi connectivity index (χ2n) is 8.59. The van der Waals surface area contributed by atoms with Crippen molar-refractivity contribution in [1.29, 1.82) is 0 Å². The molecule has 3 aromatic rings. The maximum atomic E-state index is 12.5. The van der Waals surface area contributed by atoms with Gasteiger partial charge >= 0.3 is 5.97 Å². The quantitative estimate of drug-likeness (QED) is 0.135. The Morgan fingerprint density at radius 1 is 1.11 bits per heavy atom. The molecule has 0 aliphatic carbocycles. The van der Waals surface area contributed by atoms with Gasteiger partial charge in [-0.05, 0) is 59.9 Å². The fourth-order valence-corrected chi connectivity index (χ4v) is 3.96. The van der Waals surface area contributed by atoms with Gasteiger partial charge in [0.1, 0.15) is 6.61 Å². The molecule has 0 unspecified atom stereocenters. The predicted molar refractivity (Wildman–Crippen MR) is 141 cm³/mol. The van der Waals surface area contributed by atoms with E-state index in [0.717, 1.165) is 0 Å². The van der Waals surface area contributed by atoms with Gasteiger partial charge in [-0.3, -0.25) is 10.1 Å². The first-order valence-electron chi connectivity index (χ1n) is 11.7. The minimum Gasteiger partial charge on any atom is -0.490 e. The zero-order chi connectivity index (χ0) is 26.5. The van der Waals surface area contributed by atoms with Crippen LogP contribution in [0.1, 0.15) is 48.9 Å². The highest BCUT2D eigenvalue weighted by Crippen LogP contribution is 2.38. The summed E-state index contributed by atoms with van der Waals surface area (Å²) in [6.45, 7) is 6.43. The van der Waals surface area contributed by atoms with Crippen molar-refractivity contribution in [3.05, 3.63) is 104 Å². The predicted octanol–water partition coefficient (Wildman–Crippen LogP) is 6.69. The average molecular weight is 521 g/mol. The first-order chi connectivity index (χ1) is 17.7. The summed E-state index contributed by atoms with van der Waals surface area (Å²) >= 11 is 6.51. The second kappa shape index (κ2) is 11.3. The van der Waals surface area contributed by atoms with E-state index in [4.69, 9.17) is 25.8 Å². The van der Waals surface area contributed by atoms with Crippen molar-refractivity contribution >= 4 is 35.2 Å². The molecule has 0 N–H and O–H groups in total. The molecule has 0 fully saturated rings. The summed E-state index contributed by atoms with van der Waals surface area (Å²) in [5, 5.41) is 11.3. The van der Waals surface area contributed by atoms with Gasteiger partial charge in [0.05, 0.1) is 16.6 Å². The number of hydrogen-bond acceptors (Lipinski definition) is 7. The summed E-state index contributed by atoms with van der Waals surface area (Å²) in [5.74, 6) is 0.718. The largest absolute Gasteiger partial charge is 0.490 e. The Labute approximate surface area is 219 Å². The Kier molecular flexibility index (Phi) is 7.89. The Morgan fingerprint density at radius 3 is 2.54 bits per heavy atom. The molecule has 37 heavy (non-hydrogen) atoms. The van der Waals surface area contributed by atoms with Crippen LogP contribution >= 0.6 is 11.6 Å². The van der Waals surface area contributed by atoms with Gasteiger partial charge < -0.3 is 14.2 Å². The number of non-ortho nitro benzene ring substituents is 1. The molecule has 0 amide bonds. The van der Waals surface area contributed by atoms with Crippen molar-refractivity contribution < 1.29 is 23.9 Å². The van der Waals surface area contributed by atoms with Crippen LogP contribution in [0.25, 0.3) is 6.08 Å². The lowest BCUT2D eigenvalue weighted by Crippen LogP contribution is -2.05. The number of rotatable bonds is 9. The molecule has 4 rings (SSSR count). The molecule has 8 nitrogen and oxygen atoms in total. The van der Waals surface area contributed by atoms with Crippen molar-refractivity contribution in [2.75, 3.05) is 6.61 Å². The van der Waals surface area contributed by atoms with E-state index in [0.29, 0.717) is 40.7 Å². The number of nitro groups is 1. The SMILES string of the molecule is CCOc1cc(/C=C2/N=C(c3ccc(C(C)C)cc3)OC2=O)cc(Cl)c1OCc1cccc([N+](=O)[O-])c1. The average Bonchev–Trinajstić information content (AvgIpc) is 3.23. The number of aliphatic imine (C=N–C) groups is 1. The maximum Gasteiger partial charge on any atom is 0.363 e. The van der Waals surface area contributed by atoms with Crippen LogP contribution in [0.15, 0.2) is 71.4 Å². The molecule has 0 bridgehead atoms. The molecule has 9 heteroatoms. The van der Waals surface area contributed by atoms with Gasteiger partial charge in [0.25, 0.3) is 5.69 Å². The molecule has 0 radical (unpaired) electrons. The van der Waals surface area contributed by atoms with E-state index in [2.05, 4.69) is 18.8 Å². The van der Waals surface area contributed by atoms with Crippen molar-refractivity contribution in [1.82, 2.24) is 0 Å². The van der Waals surface area contributed by atoms with Crippen molar-refractivity contribution in [3.63, 3.8) is 0 Å². The Hall–Kier alpha value is -4.17. The van der Waals surface area contributed by atoms with E-state index in [1.54, 1.807) is 30.3 Å². The standard InChI is InChI=1S/C28H25ClN2O6/c1-4-35-25-15-19(13-23(29)26(25)36-16-18-6-5-7-22(12-18)31(33)34)14-24-28(32)37-27(30-24)21-10-8-20(9-11-21)17(2)3/h5-15,17H,4,16H2,1-3H3/b24-14+. The zero-order valence-electron chi connectivity index (χ0n) is 20.6. The molecule has 1 aliphatic rings. The summed E-state index contributed by atoms with van der Waals surface area (Å²) in [4.78, 5) is 27.4. The lowest BCUT2D eigenvalue weighted by molar-refractivity contribution is -0.384. The van der Waals surface area contributed by atoms with Gasteiger partial charge in [-0.25, -0.2) is 9.79 Å². The second-order valence-corrected chi connectivity index (χ2v) is 9.00. The molecule has 1 aliphatic heterocycles. The number of esters is 1. The lowest BCUT2D eigenvalue weighted by Gasteiger charge is -2.14. The highest BCUT2D eigenvalue weighted by Gasteiger charge is 2.25. The Morgan fingerprint density at radius 2 is 1.86 bits per heavy atom. The van der Waals surface area contributed by atoms with Crippen molar-refractivity contribution in [2.24, 2.45) is 4.99 Å². The van der Waals surface area contributed by atoms with Crippen LogP contribution in [0.4, 0.5) is 5.69 Å². The van der Waals surface area contributed by atoms with Crippen molar-refractivity contribution in [3.8, 4) is 11.5 Å². The first-order valence-corrected chi connectivity index (χ1v) is 12.1. The number of halogens is 1. The van der Waals surface area contributed by atoms with Crippen LogP contribution in [0.3, 0.4) is 0 Å². The monoisotopic (exact) mass is 520 g/mol. The molecule has 0 aromatic heterocycles. The summed E-state index contributed by atoms with van der Waals surface area (Å²) in [6.07, 6.45) is 1.57. The van der Waals surface area contributed by atoms with Gasteiger partial charge in [0.15, 0.2) is 17.2 Å². The Balaban J connectivity index is 1.58. The number of ether oxygens (including phenoxy) is 3. The third kappa shape index (κ3) is 6.16. The zero-order valence-corrected chi connectivity index (χ0v) is 21.3. The normalized spacial score (nSPS) is 14.0. The molecule has 190 valence electrons. The highest BCUT2D eigenvalue weighted by atomic mass is 35.5. The van der Waals surface area contributed by atoms with Crippen LogP contribution in [0, 0.1) is 10.1 Å². The molecular formula is C28H25ClN2O6. The first kappa shape index (κ1) is 25.9. The van der Waals surface area contributed by atoms with Gasteiger partial charge in [-0.2, -0.15) is 0 Å². The van der Waals surface area contributed by atoms with E-state index in [-0.39, 0.29) is 28.9 Å². The minimum atomic E-state index is -0.567. The summed E-state index contributed by atoms with van der Waals surface area (Å²) in [5.41, 5.74) is 3.17. The van der Waals surface area contributed by atoms with E-state index < -0.39 is 10.9 Å². The third-order valence-electron chi connectivity index (χ3n) is 5.58. The van der Waals surface area contributed by atoms with Crippen LogP contribution in [-0.2, 0) is 16.1 Å². The lowest BCUT2D eigenvalue weighted by atomic mass is 10.0. The fourth-order valence-electron chi connectivity index (χ4n) is 3.69. The van der Waals surface area contributed by atoms with E-state index in [9.17, 15) is 14.9 Å². The number of carbonyl (C=O) groups is 1. The van der Waals surface area contributed by atoms with Crippen LogP contribution in [0.2, 0.25) is 5.02 Å². The molecule has 0 saturated heterocycles. The van der Waals surface area contributed by atoms with Crippen LogP contribution in [0.5, 0.6) is 11.5 Å². The number of hydrogen-bond donors (Lipinski definition) is 0. The molecule has 3 aromatic carbocycles. The Bertz CT molecular complexity index is 1400. The van der Waals surface area contributed by atoms with Crippen LogP contribution < -0.4 is 9.47 Å². The number of nitrogens with zero attached hydrogens (tertiary/aromatic N) is 2. The third-order valence-corrected chi connectivity index (χ3v) is 5.87. The number of nitro benzene ring substituents is 1. The van der Waals surface area contributed by atoms with Crippen molar-refractivity contribution in [2.45, 2.75) is 33.3 Å². The summed E-state index contributed by atoms with van der Waals surface area (Å²) < 4.78 is 17.0. The maximum absolute atomic E-state index is 12.5. The van der Waals surface area contributed by atoms with Crippen LogP contribution in [-0.4, -0.2) is 23.4 Å². The topological polar surface area (TPSA) is 100 Å². The van der Waals surface area contributed by atoms with Gasteiger partial charge in [0.2, 0.25) is 5.90 Å². The van der Waals surface area contributed by atoms with E-state index >= 15 is 0 Å². The van der Waals surface area contributed by atoms with E-state index in [1.165, 1.54) is 17.7 Å². The highest BCUT2D eigenvalue weighted by molar-refractivity contribution is 6.32. The molecule has 0 saturated carbocycles. The summed E-state index contributed by atoms with van der Waals surface area (Å²) in [6, 6.07) is 17.2. The number of cyclic esters (lactones) is 1. The fraction of sp³-hybridized carbons (Fsp3) is 0.214. The van der Waals surface area contributed by atoms with E-state index in [1.807, 2.05) is 31.2 Å². The molecule has 0 spiro atoms. The van der Waals surface area contributed by atoms with Gasteiger partial charge in [0, 0.05) is 17.7 Å².